The van der Waals surface area contributed by atoms with Crippen LogP contribution in [0.15, 0.2) is 36.7 Å². The van der Waals surface area contributed by atoms with Gasteiger partial charge in [-0.3, -0.25) is 5.32 Å². The number of halogens is 2. The third-order valence-electron chi connectivity index (χ3n) is 4.76. The van der Waals surface area contributed by atoms with Crippen LogP contribution in [0.3, 0.4) is 0 Å². The Labute approximate surface area is 170 Å². The first-order valence-electron chi connectivity index (χ1n) is 9.34. The van der Waals surface area contributed by atoms with E-state index < -0.39 is 18.3 Å². The van der Waals surface area contributed by atoms with E-state index in [4.69, 9.17) is 0 Å². The zero-order chi connectivity index (χ0) is 21.3. The average molecular weight is 417 g/mol. The summed E-state index contributed by atoms with van der Waals surface area (Å²) >= 11 is 0. The summed E-state index contributed by atoms with van der Waals surface area (Å²) in [7, 11) is 0. The molecule has 158 valence electrons. The molecule has 3 heterocycles. The van der Waals surface area contributed by atoms with E-state index in [2.05, 4.69) is 30.9 Å². The summed E-state index contributed by atoms with van der Waals surface area (Å²) in [6.45, 7) is 2.35. The molecule has 2 aromatic heterocycles. The lowest BCUT2D eigenvalue weighted by molar-refractivity contribution is 0.0230. The van der Waals surface area contributed by atoms with Crippen molar-refractivity contribution in [1.29, 1.82) is 0 Å². The number of alkyl halides is 2. The second-order valence-electron chi connectivity index (χ2n) is 7.45. The molecule has 1 aromatic carbocycles. The van der Waals surface area contributed by atoms with Crippen LogP contribution in [-0.4, -0.2) is 53.5 Å². The molecule has 0 aliphatic carbocycles. The van der Waals surface area contributed by atoms with Crippen LogP contribution in [0, 0.1) is 6.92 Å². The Bertz CT molecular complexity index is 1050. The average Bonchev–Trinajstić information content (AvgIpc) is 3.27. The summed E-state index contributed by atoms with van der Waals surface area (Å²) < 4.78 is 27.2. The summed E-state index contributed by atoms with van der Waals surface area (Å²) in [5.41, 5.74) is 1.41. The SMILES string of the molecule is Cc1cc(Nc2nccc(C(F)F)n2)cc(-c2cn(CC3(O)CNC(O)C3)nn2)c1. The predicted molar refractivity (Wildman–Crippen MR) is 104 cm³/mol. The molecule has 1 aliphatic heterocycles. The zero-order valence-electron chi connectivity index (χ0n) is 16.1. The maximum atomic E-state index is 12.9. The molecule has 0 radical (unpaired) electrons. The number of hydrogen-bond acceptors (Lipinski definition) is 8. The van der Waals surface area contributed by atoms with E-state index in [0.29, 0.717) is 11.4 Å². The van der Waals surface area contributed by atoms with E-state index in [-0.39, 0.29) is 31.2 Å². The highest BCUT2D eigenvalue weighted by atomic mass is 19.3. The van der Waals surface area contributed by atoms with E-state index in [0.717, 1.165) is 11.1 Å². The highest BCUT2D eigenvalue weighted by Crippen LogP contribution is 2.26. The molecule has 2 unspecified atom stereocenters. The molecule has 1 fully saturated rings. The fourth-order valence-electron chi connectivity index (χ4n) is 3.43. The third-order valence-corrected chi connectivity index (χ3v) is 4.76. The second-order valence-corrected chi connectivity index (χ2v) is 7.45. The van der Waals surface area contributed by atoms with Crippen LogP contribution in [0.5, 0.6) is 0 Å². The molecule has 0 spiro atoms. The Morgan fingerprint density at radius 3 is 2.93 bits per heavy atom. The van der Waals surface area contributed by atoms with Gasteiger partial charge in [0.2, 0.25) is 5.95 Å². The van der Waals surface area contributed by atoms with E-state index in [9.17, 15) is 19.0 Å². The molecule has 4 rings (SSSR count). The molecular formula is C19H21F2N7O2. The first-order valence-corrected chi connectivity index (χ1v) is 9.34. The number of nitrogens with one attached hydrogen (secondary N) is 2. The first kappa shape index (κ1) is 20.3. The van der Waals surface area contributed by atoms with Crippen LogP contribution in [0.2, 0.25) is 0 Å². The summed E-state index contributed by atoms with van der Waals surface area (Å²) in [4.78, 5) is 7.80. The third kappa shape index (κ3) is 4.58. The van der Waals surface area contributed by atoms with Gasteiger partial charge in [-0.05, 0) is 36.8 Å². The molecule has 0 amide bonds. The van der Waals surface area contributed by atoms with Crippen molar-refractivity contribution < 1.29 is 19.0 Å². The molecular weight excluding hydrogens is 396 g/mol. The molecule has 1 saturated heterocycles. The van der Waals surface area contributed by atoms with Crippen molar-refractivity contribution in [3.8, 4) is 11.3 Å². The highest BCUT2D eigenvalue weighted by molar-refractivity contribution is 5.68. The number of aliphatic hydroxyl groups is 2. The van der Waals surface area contributed by atoms with Gasteiger partial charge in [-0.2, -0.15) is 0 Å². The molecule has 9 nitrogen and oxygen atoms in total. The van der Waals surface area contributed by atoms with Crippen molar-refractivity contribution in [3.63, 3.8) is 0 Å². The molecule has 30 heavy (non-hydrogen) atoms. The standard InChI is InChI=1S/C19H21F2N7O2/c1-11-4-12(6-13(5-11)24-18-22-3-2-14(25-18)17(20)21)15-8-28(27-26-15)10-19(30)7-16(29)23-9-19/h2-6,8,16-17,23,29-30H,7,9-10H2,1H3,(H,22,24,25). The minimum absolute atomic E-state index is 0.0718. The van der Waals surface area contributed by atoms with Gasteiger partial charge in [0.1, 0.15) is 23.2 Å². The Kier molecular flexibility index (Phi) is 5.41. The Balaban J connectivity index is 1.54. The first-order chi connectivity index (χ1) is 14.3. The number of nitrogens with zero attached hydrogens (tertiary/aromatic N) is 5. The van der Waals surface area contributed by atoms with Crippen LogP contribution < -0.4 is 10.6 Å². The lowest BCUT2D eigenvalue weighted by Gasteiger charge is -2.20. The lowest BCUT2D eigenvalue weighted by Crippen LogP contribution is -2.36. The van der Waals surface area contributed by atoms with Crippen molar-refractivity contribution in [2.75, 3.05) is 11.9 Å². The van der Waals surface area contributed by atoms with Gasteiger partial charge in [0.15, 0.2) is 0 Å². The largest absolute Gasteiger partial charge is 0.386 e. The van der Waals surface area contributed by atoms with E-state index in [1.165, 1.54) is 16.9 Å². The van der Waals surface area contributed by atoms with Crippen molar-refractivity contribution in [2.45, 2.75) is 38.1 Å². The molecule has 0 saturated carbocycles. The van der Waals surface area contributed by atoms with Crippen LogP contribution in [-0.2, 0) is 6.54 Å². The fraction of sp³-hybridized carbons (Fsp3) is 0.368. The second kappa shape index (κ2) is 8.01. The zero-order valence-corrected chi connectivity index (χ0v) is 16.1. The van der Waals surface area contributed by atoms with Gasteiger partial charge in [-0.1, -0.05) is 5.21 Å². The maximum Gasteiger partial charge on any atom is 0.280 e. The van der Waals surface area contributed by atoms with Crippen molar-refractivity contribution in [1.82, 2.24) is 30.3 Å². The van der Waals surface area contributed by atoms with Gasteiger partial charge in [0.25, 0.3) is 6.43 Å². The Morgan fingerprint density at radius 2 is 2.20 bits per heavy atom. The number of β-amino-alcohol motifs (C(OH)–C–C–N with tert-alkyl or cyclic N) is 1. The van der Waals surface area contributed by atoms with Gasteiger partial charge in [0.05, 0.1) is 12.7 Å². The quantitative estimate of drug-likeness (QED) is 0.479. The number of aliphatic hydroxyl groups excluding tert-OH is 1. The van der Waals surface area contributed by atoms with Crippen LogP contribution in [0.25, 0.3) is 11.3 Å². The molecule has 0 bridgehead atoms. The van der Waals surface area contributed by atoms with Crippen LogP contribution >= 0.6 is 0 Å². The van der Waals surface area contributed by atoms with Crippen molar-refractivity contribution >= 4 is 11.6 Å². The lowest BCUT2D eigenvalue weighted by atomic mass is 10.0. The summed E-state index contributed by atoms with van der Waals surface area (Å²) in [6.07, 6.45) is -0.233. The molecule has 1 aliphatic rings. The predicted octanol–water partition coefficient (Wildman–Crippen LogP) is 1.77. The van der Waals surface area contributed by atoms with Gasteiger partial charge in [-0.15, -0.1) is 5.10 Å². The number of hydrogen-bond donors (Lipinski definition) is 4. The fourth-order valence-corrected chi connectivity index (χ4v) is 3.43. The molecule has 4 N–H and O–H groups in total. The summed E-state index contributed by atoms with van der Waals surface area (Å²) in [5.74, 6) is 0.0718. The summed E-state index contributed by atoms with van der Waals surface area (Å²) in [6, 6.07) is 6.70. The number of aryl methyl sites for hydroxylation is 1. The number of benzene rings is 1. The minimum atomic E-state index is -2.68. The van der Waals surface area contributed by atoms with Gasteiger partial charge in [-0.25, -0.2) is 23.4 Å². The number of rotatable bonds is 6. The highest BCUT2D eigenvalue weighted by Gasteiger charge is 2.37. The van der Waals surface area contributed by atoms with Crippen LogP contribution in [0.4, 0.5) is 20.4 Å². The minimum Gasteiger partial charge on any atom is -0.386 e. The molecule has 11 heteroatoms. The van der Waals surface area contributed by atoms with Crippen molar-refractivity contribution in [3.05, 3.63) is 47.9 Å². The van der Waals surface area contributed by atoms with Gasteiger partial charge in [0, 0.05) is 30.4 Å². The van der Waals surface area contributed by atoms with E-state index >= 15 is 0 Å². The van der Waals surface area contributed by atoms with Crippen molar-refractivity contribution in [2.24, 2.45) is 0 Å². The van der Waals surface area contributed by atoms with E-state index in [1.54, 1.807) is 12.3 Å². The summed E-state index contributed by atoms with van der Waals surface area (Å²) in [5, 5.41) is 34.1. The molecule has 2 atom stereocenters. The normalized spacial score (nSPS) is 21.3. The monoisotopic (exact) mass is 417 g/mol. The smallest absolute Gasteiger partial charge is 0.280 e. The Hall–Kier alpha value is -3.02. The Morgan fingerprint density at radius 1 is 1.37 bits per heavy atom. The maximum absolute atomic E-state index is 12.9. The topological polar surface area (TPSA) is 121 Å². The number of anilines is 2. The van der Waals surface area contributed by atoms with Gasteiger partial charge < -0.3 is 15.5 Å². The molecule has 3 aromatic rings. The van der Waals surface area contributed by atoms with E-state index in [1.807, 2.05) is 19.1 Å². The van der Waals surface area contributed by atoms with Gasteiger partial charge >= 0.3 is 0 Å². The number of aromatic nitrogens is 5. The van der Waals surface area contributed by atoms with Crippen LogP contribution in [0.1, 0.15) is 24.1 Å².